The van der Waals surface area contributed by atoms with Crippen molar-refractivity contribution in [3.05, 3.63) is 46.4 Å². The van der Waals surface area contributed by atoms with Crippen molar-refractivity contribution in [2.75, 3.05) is 30.6 Å². The minimum absolute atomic E-state index is 0.0273. The maximum atomic E-state index is 13.0. The monoisotopic (exact) mass is 558 g/mol. The number of hydrogen-bond donors (Lipinski definition) is 1. The van der Waals surface area contributed by atoms with Gasteiger partial charge in [-0.15, -0.1) is 11.6 Å². The predicted octanol–water partition coefficient (Wildman–Crippen LogP) is 4.25. The summed E-state index contributed by atoms with van der Waals surface area (Å²) in [6, 6.07) is 7.99. The van der Waals surface area contributed by atoms with Crippen molar-refractivity contribution in [2.24, 2.45) is 5.92 Å². The van der Waals surface area contributed by atoms with Crippen LogP contribution >= 0.6 is 34.8 Å². The molecule has 12 heteroatoms. The van der Waals surface area contributed by atoms with Gasteiger partial charge in [0.2, 0.25) is 9.84 Å². The molecule has 2 aromatic carbocycles. The normalized spacial score (nSPS) is 14.0. The van der Waals surface area contributed by atoms with Crippen molar-refractivity contribution in [2.45, 2.75) is 29.7 Å². The molecule has 184 valence electrons. The third-order valence-electron chi connectivity index (χ3n) is 4.52. The Morgan fingerprint density at radius 3 is 2.03 bits per heavy atom. The van der Waals surface area contributed by atoms with Gasteiger partial charge >= 0.3 is 0 Å². The van der Waals surface area contributed by atoms with Crippen molar-refractivity contribution < 1.29 is 31.4 Å². The SMILES string of the molecule is CCS(=O)(=O)C[C@@H](O)COc1ccc(S(=O)(=O)c2cc(Cl)c(OC[C@@H](C)CCl)c(Cl)c2)cc1. The summed E-state index contributed by atoms with van der Waals surface area (Å²) in [5.41, 5.74) is 0. The Labute approximate surface area is 209 Å². The number of rotatable bonds is 12. The van der Waals surface area contributed by atoms with Crippen LogP contribution in [0.2, 0.25) is 10.0 Å². The molecular formula is C21H25Cl3O7S2. The van der Waals surface area contributed by atoms with Crippen molar-refractivity contribution >= 4 is 54.5 Å². The van der Waals surface area contributed by atoms with Crippen molar-refractivity contribution in [1.29, 1.82) is 0 Å². The first kappa shape index (κ1) is 28.0. The van der Waals surface area contributed by atoms with Gasteiger partial charge in [0, 0.05) is 17.6 Å². The summed E-state index contributed by atoms with van der Waals surface area (Å²) in [6.07, 6.45) is -1.20. The number of ether oxygens (including phenoxy) is 2. The maximum absolute atomic E-state index is 13.0. The lowest BCUT2D eigenvalue weighted by Crippen LogP contribution is -2.27. The quantitative estimate of drug-likeness (QED) is 0.387. The molecule has 0 aliphatic rings. The average molecular weight is 560 g/mol. The minimum Gasteiger partial charge on any atom is -0.491 e. The van der Waals surface area contributed by atoms with Gasteiger partial charge in [-0.25, -0.2) is 16.8 Å². The van der Waals surface area contributed by atoms with E-state index in [4.69, 9.17) is 44.3 Å². The summed E-state index contributed by atoms with van der Waals surface area (Å²) >= 11 is 18.2. The first-order valence-corrected chi connectivity index (χ1v) is 14.5. The smallest absolute Gasteiger partial charge is 0.206 e. The van der Waals surface area contributed by atoms with Crippen LogP contribution in [0.25, 0.3) is 0 Å². The van der Waals surface area contributed by atoms with Crippen LogP contribution in [0.1, 0.15) is 13.8 Å². The van der Waals surface area contributed by atoms with Crippen LogP contribution in [0.5, 0.6) is 11.5 Å². The van der Waals surface area contributed by atoms with Crippen LogP contribution in [0.3, 0.4) is 0 Å². The fraction of sp³-hybridized carbons (Fsp3) is 0.429. The number of hydrogen-bond acceptors (Lipinski definition) is 7. The minimum atomic E-state index is -3.94. The van der Waals surface area contributed by atoms with E-state index >= 15 is 0 Å². The second kappa shape index (κ2) is 12.0. The molecule has 2 rings (SSSR count). The number of aliphatic hydroxyl groups excluding tert-OH is 1. The summed E-state index contributed by atoms with van der Waals surface area (Å²) in [5.74, 6) is 0.404. The van der Waals surface area contributed by atoms with E-state index in [2.05, 4.69) is 0 Å². The molecule has 0 saturated carbocycles. The second-order valence-electron chi connectivity index (χ2n) is 7.43. The first-order valence-electron chi connectivity index (χ1n) is 9.93. The highest BCUT2D eigenvalue weighted by atomic mass is 35.5. The molecule has 2 atom stereocenters. The fourth-order valence-electron chi connectivity index (χ4n) is 2.60. The largest absolute Gasteiger partial charge is 0.491 e. The van der Waals surface area contributed by atoms with Gasteiger partial charge in [0.25, 0.3) is 0 Å². The third-order valence-corrected chi connectivity index (χ3v) is 9.13. The Kier molecular flexibility index (Phi) is 10.1. The molecule has 0 bridgehead atoms. The molecule has 0 fully saturated rings. The Morgan fingerprint density at radius 2 is 1.52 bits per heavy atom. The molecule has 0 radical (unpaired) electrons. The van der Waals surface area contributed by atoms with Gasteiger partial charge < -0.3 is 14.6 Å². The standard InChI is InChI=1S/C21H25Cl3O7S2/c1-3-32(26,27)13-15(25)12-30-16-4-6-17(7-5-16)33(28,29)18-8-19(23)21(20(24)9-18)31-11-14(2)10-22/h4-9,14-15,25H,3,10-13H2,1-2H3/t14-,15-/m0/s1. The Bertz CT molecular complexity index is 1130. The Balaban J connectivity index is 2.14. The van der Waals surface area contributed by atoms with Crippen LogP contribution in [0.4, 0.5) is 0 Å². The highest BCUT2D eigenvalue weighted by molar-refractivity contribution is 7.91. The van der Waals surface area contributed by atoms with Crippen LogP contribution in [-0.4, -0.2) is 58.6 Å². The predicted molar refractivity (Wildman–Crippen MR) is 130 cm³/mol. The number of aliphatic hydroxyl groups is 1. The van der Waals surface area contributed by atoms with Gasteiger partial charge in [0.1, 0.15) is 18.5 Å². The van der Waals surface area contributed by atoms with Gasteiger partial charge in [0.05, 0.1) is 32.2 Å². The van der Waals surface area contributed by atoms with Gasteiger partial charge in [-0.3, -0.25) is 0 Å². The molecule has 0 heterocycles. The van der Waals surface area contributed by atoms with Crippen molar-refractivity contribution in [1.82, 2.24) is 0 Å². The molecule has 2 aromatic rings. The van der Waals surface area contributed by atoms with Crippen molar-refractivity contribution in [3.63, 3.8) is 0 Å². The Hall–Kier alpha value is -1.23. The van der Waals surface area contributed by atoms with E-state index in [1.807, 2.05) is 6.92 Å². The van der Waals surface area contributed by atoms with Gasteiger partial charge in [-0.1, -0.05) is 37.0 Å². The lowest BCUT2D eigenvalue weighted by molar-refractivity contribution is 0.125. The summed E-state index contributed by atoms with van der Waals surface area (Å²) in [4.78, 5) is -0.135. The third kappa shape index (κ3) is 7.90. The van der Waals surface area contributed by atoms with E-state index < -0.39 is 31.5 Å². The van der Waals surface area contributed by atoms with Crippen LogP contribution in [0.15, 0.2) is 46.2 Å². The molecule has 0 amide bonds. The molecule has 33 heavy (non-hydrogen) atoms. The maximum Gasteiger partial charge on any atom is 0.206 e. The highest BCUT2D eigenvalue weighted by Crippen LogP contribution is 2.37. The summed E-state index contributed by atoms with van der Waals surface area (Å²) < 4.78 is 60.0. The van der Waals surface area contributed by atoms with E-state index in [0.29, 0.717) is 5.88 Å². The zero-order chi connectivity index (χ0) is 24.8. The second-order valence-corrected chi connectivity index (χ2v) is 12.9. The molecule has 0 spiro atoms. The highest BCUT2D eigenvalue weighted by Gasteiger charge is 2.22. The van der Waals surface area contributed by atoms with E-state index in [0.717, 1.165) is 0 Å². The molecule has 7 nitrogen and oxygen atoms in total. The first-order chi connectivity index (χ1) is 15.4. The summed E-state index contributed by atoms with van der Waals surface area (Å²) in [6.45, 7) is 3.40. The van der Waals surface area contributed by atoms with Crippen molar-refractivity contribution in [3.8, 4) is 11.5 Å². The molecule has 0 aromatic heterocycles. The van der Waals surface area contributed by atoms with Gasteiger partial charge in [-0.05, 0) is 36.4 Å². The number of sulfone groups is 2. The average Bonchev–Trinajstić information content (AvgIpc) is 2.76. The van der Waals surface area contributed by atoms with Gasteiger partial charge in [0.15, 0.2) is 15.6 Å². The molecule has 1 N–H and O–H groups in total. The van der Waals surface area contributed by atoms with Gasteiger partial charge in [-0.2, -0.15) is 0 Å². The van der Waals surface area contributed by atoms with Crippen LogP contribution in [-0.2, 0) is 19.7 Å². The lowest BCUT2D eigenvalue weighted by atomic mass is 10.2. The van der Waals surface area contributed by atoms with E-state index in [1.54, 1.807) is 0 Å². The molecule has 0 aliphatic carbocycles. The molecule has 0 unspecified atom stereocenters. The number of alkyl halides is 1. The molecule has 0 saturated heterocycles. The topological polar surface area (TPSA) is 107 Å². The Morgan fingerprint density at radius 1 is 0.939 bits per heavy atom. The van der Waals surface area contributed by atoms with E-state index in [9.17, 15) is 21.9 Å². The summed E-state index contributed by atoms with van der Waals surface area (Å²) in [7, 11) is -7.29. The lowest BCUT2D eigenvalue weighted by Gasteiger charge is -2.15. The van der Waals surface area contributed by atoms with Crippen LogP contribution in [0, 0.1) is 5.92 Å². The van der Waals surface area contributed by atoms with E-state index in [1.165, 1.54) is 43.3 Å². The van der Waals surface area contributed by atoms with Crippen LogP contribution < -0.4 is 9.47 Å². The zero-order valence-electron chi connectivity index (χ0n) is 18.0. The molecular weight excluding hydrogens is 535 g/mol. The zero-order valence-corrected chi connectivity index (χ0v) is 21.9. The number of halogens is 3. The van der Waals surface area contributed by atoms with E-state index in [-0.39, 0.29) is 56.2 Å². The fourth-order valence-corrected chi connectivity index (χ4v) is 5.65. The molecule has 0 aliphatic heterocycles. The number of benzene rings is 2. The summed E-state index contributed by atoms with van der Waals surface area (Å²) in [5, 5.41) is 9.93.